The van der Waals surface area contributed by atoms with Crippen LogP contribution in [0.2, 0.25) is 0 Å². The third kappa shape index (κ3) is 5.92. The minimum absolute atomic E-state index is 0.801. The molecule has 96 valence electrons. The number of aliphatic hydroxyl groups excluding tert-OH is 3. The van der Waals surface area contributed by atoms with Crippen molar-refractivity contribution >= 4 is 25.4 Å². The van der Waals surface area contributed by atoms with Crippen LogP contribution in [0.15, 0.2) is 0 Å². The second kappa shape index (κ2) is 6.67. The number of thioether (sulfide) groups is 1. The van der Waals surface area contributed by atoms with Crippen LogP contribution in [0.4, 0.5) is 0 Å². The summed E-state index contributed by atoms with van der Waals surface area (Å²) in [5, 5.41) is 27.5. The Morgan fingerprint density at radius 1 is 1.38 bits per heavy atom. The number of rotatable bonds is 7. The van der Waals surface area contributed by atoms with E-state index < -0.39 is 37.9 Å². The molecule has 0 radical (unpaired) electrons. The Morgan fingerprint density at radius 3 is 2.25 bits per heavy atom. The zero-order chi connectivity index (χ0) is 12.9. The molecule has 0 rings (SSSR count). The number of phosphoric ester groups is 1. The molecule has 0 saturated heterocycles. The van der Waals surface area contributed by atoms with Crippen molar-refractivity contribution in [1.82, 2.24) is 0 Å². The van der Waals surface area contributed by atoms with Crippen LogP contribution in [0, 0.1) is 0 Å². The fourth-order valence-electron chi connectivity index (χ4n) is 0.719. The summed E-state index contributed by atoms with van der Waals surface area (Å²) in [5.74, 6) is -1.14. The van der Waals surface area contributed by atoms with E-state index in [2.05, 4.69) is 4.52 Å². The molecule has 0 aliphatic rings. The van der Waals surface area contributed by atoms with Gasteiger partial charge in [-0.1, -0.05) is 0 Å². The highest BCUT2D eigenvalue weighted by Gasteiger charge is 2.31. The summed E-state index contributed by atoms with van der Waals surface area (Å²) in [6.07, 6.45) is -2.27. The van der Waals surface area contributed by atoms with Crippen LogP contribution < -0.4 is 0 Å². The Morgan fingerprint density at radius 2 is 1.88 bits per heavy atom. The molecule has 0 fully saturated rings. The second-order valence-electron chi connectivity index (χ2n) is 2.79. The van der Waals surface area contributed by atoms with E-state index in [4.69, 9.17) is 14.9 Å². The Hall–Kier alpha value is 0.01000. The van der Waals surface area contributed by atoms with Crippen molar-refractivity contribution in [2.75, 3.05) is 12.9 Å². The van der Waals surface area contributed by atoms with E-state index in [1.165, 1.54) is 6.26 Å². The van der Waals surface area contributed by atoms with Gasteiger partial charge in [-0.05, 0) is 6.26 Å². The van der Waals surface area contributed by atoms with Crippen LogP contribution in [0.1, 0.15) is 0 Å². The van der Waals surface area contributed by atoms with Crippen molar-refractivity contribution in [3.8, 4) is 0 Å². The molecule has 0 bridgehead atoms. The van der Waals surface area contributed by atoms with Gasteiger partial charge in [-0.3, -0.25) is 9.32 Å². The van der Waals surface area contributed by atoms with Gasteiger partial charge in [0.25, 0.3) is 0 Å². The second-order valence-corrected chi connectivity index (χ2v) is 4.99. The van der Waals surface area contributed by atoms with Crippen molar-refractivity contribution < 1.29 is 39.0 Å². The monoisotopic (exact) mass is 276 g/mol. The Kier molecular flexibility index (Phi) is 6.68. The third-order valence-electron chi connectivity index (χ3n) is 1.56. The lowest BCUT2D eigenvalue weighted by molar-refractivity contribution is -0.137. The van der Waals surface area contributed by atoms with Gasteiger partial charge < -0.3 is 25.1 Å². The van der Waals surface area contributed by atoms with Gasteiger partial charge in [0.2, 0.25) is 0 Å². The van der Waals surface area contributed by atoms with Crippen molar-refractivity contribution in [2.24, 2.45) is 0 Å². The number of phosphoric acid groups is 1. The smallest absolute Gasteiger partial charge is 0.386 e. The maximum absolute atomic E-state index is 11.1. The molecular weight excluding hydrogens is 263 g/mol. The number of hydrogen-bond donors (Lipinski definition) is 5. The van der Waals surface area contributed by atoms with Crippen molar-refractivity contribution in [3.05, 3.63) is 0 Å². The molecule has 5 N–H and O–H groups in total. The molecule has 0 amide bonds. The molecular formula is C6H13O8PS. The largest absolute Gasteiger partial charge is 0.470 e. The van der Waals surface area contributed by atoms with E-state index in [0.717, 1.165) is 11.8 Å². The normalized spacial score (nSPS) is 17.9. The quantitative estimate of drug-likeness (QED) is 0.265. The first-order valence-electron chi connectivity index (χ1n) is 3.99. The first-order chi connectivity index (χ1) is 7.19. The van der Waals surface area contributed by atoms with Gasteiger partial charge in [0.15, 0.2) is 5.78 Å². The number of ketones is 1. The van der Waals surface area contributed by atoms with Crippen LogP contribution in [0.5, 0.6) is 0 Å². The van der Waals surface area contributed by atoms with E-state index in [1.807, 2.05) is 0 Å². The van der Waals surface area contributed by atoms with E-state index in [1.54, 1.807) is 0 Å². The highest BCUT2D eigenvalue weighted by atomic mass is 32.2. The molecule has 0 saturated carbocycles. The van der Waals surface area contributed by atoms with Crippen LogP contribution in [0.3, 0.4) is 0 Å². The zero-order valence-corrected chi connectivity index (χ0v) is 9.97. The summed E-state index contributed by atoms with van der Waals surface area (Å²) in [6.45, 7) is -1.05. The molecule has 16 heavy (non-hydrogen) atoms. The van der Waals surface area contributed by atoms with Crippen molar-refractivity contribution in [3.63, 3.8) is 0 Å². The lowest BCUT2D eigenvalue weighted by Crippen LogP contribution is -2.42. The molecule has 0 aromatic carbocycles. The first kappa shape index (κ1) is 16.0. The average molecular weight is 276 g/mol. The van der Waals surface area contributed by atoms with Crippen LogP contribution >= 0.6 is 19.6 Å². The molecule has 0 aliphatic heterocycles. The predicted molar refractivity (Wildman–Crippen MR) is 54.5 cm³/mol. The van der Waals surface area contributed by atoms with Crippen LogP contribution in [-0.4, -0.2) is 61.4 Å². The summed E-state index contributed by atoms with van der Waals surface area (Å²) in [4.78, 5) is 27.6. The number of aliphatic hydroxyl groups is 3. The first-order valence-corrected chi connectivity index (χ1v) is 6.80. The Labute approximate surface area is 95.5 Å². The van der Waals surface area contributed by atoms with E-state index in [9.17, 15) is 19.6 Å². The third-order valence-corrected chi connectivity index (χ3v) is 2.79. The maximum atomic E-state index is 11.1. The van der Waals surface area contributed by atoms with Gasteiger partial charge >= 0.3 is 7.82 Å². The highest BCUT2D eigenvalue weighted by Crippen LogP contribution is 2.35. The van der Waals surface area contributed by atoms with Crippen LogP contribution in [-0.2, 0) is 13.9 Å². The zero-order valence-electron chi connectivity index (χ0n) is 8.26. The lowest BCUT2D eigenvalue weighted by Gasteiger charge is -2.20. The average Bonchev–Trinajstić information content (AvgIpc) is 2.21. The van der Waals surface area contributed by atoms with Gasteiger partial charge in [-0.2, -0.15) is 0 Å². The van der Waals surface area contributed by atoms with Gasteiger partial charge in [-0.25, -0.2) is 4.57 Å². The lowest BCUT2D eigenvalue weighted by atomic mass is 10.1. The minimum Gasteiger partial charge on any atom is -0.386 e. The Balaban J connectivity index is 4.23. The van der Waals surface area contributed by atoms with Gasteiger partial charge in [0.1, 0.15) is 24.3 Å². The van der Waals surface area contributed by atoms with E-state index in [-0.39, 0.29) is 0 Å². The summed E-state index contributed by atoms with van der Waals surface area (Å²) < 4.78 is 14.1. The van der Waals surface area contributed by atoms with Crippen LogP contribution in [0.25, 0.3) is 0 Å². The van der Waals surface area contributed by atoms with Gasteiger partial charge in [-0.15, -0.1) is 11.8 Å². The SMILES string of the molecule is CS[C@@H](O)[C@@H](O)[C@@H](O)C(=O)COP(=O)(O)O. The number of carbonyl (C=O) groups is 1. The number of Topliss-reactive ketones (excluding diaryl/α,β-unsaturated/α-hetero) is 1. The summed E-state index contributed by atoms with van der Waals surface area (Å²) >= 11 is 0.801. The fraction of sp³-hybridized carbons (Fsp3) is 0.833. The van der Waals surface area contributed by atoms with E-state index in [0.29, 0.717) is 0 Å². The molecule has 0 heterocycles. The number of hydrogen-bond acceptors (Lipinski definition) is 7. The minimum atomic E-state index is -4.80. The Bertz CT molecular complexity index is 278. The highest BCUT2D eigenvalue weighted by molar-refractivity contribution is 7.99. The van der Waals surface area contributed by atoms with Crippen molar-refractivity contribution in [1.29, 1.82) is 0 Å². The van der Waals surface area contributed by atoms with Crippen molar-refractivity contribution in [2.45, 2.75) is 17.6 Å². The number of carbonyl (C=O) groups excluding carboxylic acids is 1. The predicted octanol–water partition coefficient (Wildman–Crippen LogP) is -1.93. The molecule has 10 heteroatoms. The van der Waals surface area contributed by atoms with E-state index >= 15 is 0 Å². The van der Waals surface area contributed by atoms with Gasteiger partial charge in [0, 0.05) is 0 Å². The maximum Gasteiger partial charge on any atom is 0.470 e. The molecule has 0 unspecified atom stereocenters. The summed E-state index contributed by atoms with van der Waals surface area (Å²) in [5.41, 5.74) is -1.38. The molecule has 3 atom stereocenters. The topological polar surface area (TPSA) is 145 Å². The summed E-state index contributed by atoms with van der Waals surface area (Å²) in [7, 11) is -4.80. The fourth-order valence-corrected chi connectivity index (χ4v) is 1.44. The van der Waals surface area contributed by atoms with Gasteiger partial charge in [0.05, 0.1) is 0 Å². The molecule has 0 aliphatic carbocycles. The standard InChI is InChI=1S/C6H13O8PS/c1-16-6(10)5(9)4(8)3(7)2-14-15(11,12)13/h4-6,8-10H,2H2,1H3,(H2,11,12,13)/t4-,5-,6+/m0/s1. The molecule has 0 aromatic heterocycles. The molecule has 0 aromatic rings. The molecule has 8 nitrogen and oxygen atoms in total. The molecule has 0 spiro atoms. The summed E-state index contributed by atoms with van der Waals surface area (Å²) in [6, 6.07) is 0.